The van der Waals surface area contributed by atoms with Gasteiger partial charge < -0.3 is 0 Å². The molecular weight excluding hydrogens is 170 g/mol. The molecule has 0 aliphatic rings. The molecule has 1 atom stereocenters. The van der Waals surface area contributed by atoms with E-state index < -0.39 is 9.74 Å². The predicted molar refractivity (Wildman–Crippen MR) is 21.3 cm³/mol. The molecule has 1 unspecified atom stereocenters. The maximum Gasteiger partial charge on any atom is 0.275 e. The van der Waals surface area contributed by atoms with Crippen molar-refractivity contribution in [2.75, 3.05) is 0 Å². The van der Waals surface area contributed by atoms with E-state index in [1.54, 1.807) is 0 Å². The summed E-state index contributed by atoms with van der Waals surface area (Å²) in [7, 11) is -2.51. The second kappa shape index (κ2) is 2.92. The first kappa shape index (κ1) is 9.95. The van der Waals surface area contributed by atoms with Crippen LogP contribution in [0.2, 0.25) is 0 Å². The first-order valence-corrected chi connectivity index (χ1v) is 3.67. The van der Waals surface area contributed by atoms with Crippen molar-refractivity contribution in [1.82, 2.24) is 0 Å². The third-order valence-corrected chi connectivity index (χ3v) is 0. The molecule has 0 saturated carbocycles. The Bertz CT molecular complexity index is 94.0. The Hall–Kier alpha value is 0.834. The second-order valence-corrected chi connectivity index (χ2v) is 3.33. The van der Waals surface area contributed by atoms with Gasteiger partial charge in [-0.25, -0.2) is 0 Å². The van der Waals surface area contributed by atoms with Crippen LogP contribution in [0.4, 0.5) is 0 Å². The van der Waals surface area contributed by atoms with E-state index in [0.29, 0.717) is 0 Å². The molecule has 0 aliphatic heterocycles. The van der Waals surface area contributed by atoms with E-state index >= 15 is 0 Å². The zero-order valence-corrected chi connectivity index (χ0v) is 5.52. The van der Waals surface area contributed by atoms with E-state index in [1.807, 2.05) is 0 Å². The Kier molecular flexibility index (Phi) is 4.84. The molecule has 0 radical (unpaired) electrons. The van der Waals surface area contributed by atoms with Gasteiger partial charge in [0.1, 0.15) is 0 Å². The van der Waals surface area contributed by atoms with Crippen LogP contribution >= 0.6 is 8.44 Å². The first-order valence-electron chi connectivity index (χ1n) is 0.752. The molecular formula is H3NiO3PS. The summed E-state index contributed by atoms with van der Waals surface area (Å²) in [4.78, 5) is 0. The summed E-state index contributed by atoms with van der Waals surface area (Å²) in [6.45, 7) is 0. The van der Waals surface area contributed by atoms with Gasteiger partial charge >= 0.3 is 0 Å². The van der Waals surface area contributed by atoms with Gasteiger partial charge in [-0.1, -0.05) is 0 Å². The predicted octanol–water partition coefficient (Wildman–Crippen LogP) is -0.338. The van der Waals surface area contributed by atoms with Gasteiger partial charge in [0, 0.05) is 24.9 Å². The van der Waals surface area contributed by atoms with Gasteiger partial charge in [-0.05, 0) is 0 Å². The molecule has 0 aromatic heterocycles. The Morgan fingerprint density at radius 2 is 1.50 bits per heavy atom. The zero-order valence-electron chi connectivity index (χ0n) is 2.57. The fourth-order valence-electron chi connectivity index (χ4n) is 0. The van der Waals surface area contributed by atoms with Crippen molar-refractivity contribution in [3.8, 4) is 0 Å². The molecule has 0 rings (SSSR count). The zero-order chi connectivity index (χ0) is 4.50. The van der Waals surface area contributed by atoms with Crippen molar-refractivity contribution in [3.05, 3.63) is 0 Å². The van der Waals surface area contributed by atoms with Crippen LogP contribution in [0.25, 0.3) is 0 Å². The second-order valence-electron chi connectivity index (χ2n) is 0.515. The largest absolute Gasteiger partial charge is 0.283 e. The van der Waals surface area contributed by atoms with Crippen LogP contribution in [-0.4, -0.2) is 13.0 Å². The Morgan fingerprint density at radius 3 is 1.50 bits per heavy atom. The summed E-state index contributed by atoms with van der Waals surface area (Å²) in [5, 5.41) is 0. The van der Waals surface area contributed by atoms with Gasteiger partial charge in [-0.15, -0.1) is 0 Å². The average Bonchev–Trinajstić information content (AvgIpc) is 0.722. The molecule has 0 spiro atoms. The molecule has 0 saturated heterocycles. The van der Waals surface area contributed by atoms with E-state index in [4.69, 9.17) is 13.0 Å². The van der Waals surface area contributed by atoms with Crippen LogP contribution < -0.4 is 0 Å². The molecule has 0 fully saturated rings. The van der Waals surface area contributed by atoms with E-state index in [2.05, 4.69) is 0 Å². The maximum absolute atomic E-state index is 9.15. The minimum atomic E-state index is -3.75. The molecule has 0 aliphatic carbocycles. The van der Waals surface area contributed by atoms with Crippen LogP contribution in [0.1, 0.15) is 0 Å². The number of rotatable bonds is 0. The van der Waals surface area contributed by atoms with Crippen LogP contribution in [0.5, 0.6) is 0 Å². The van der Waals surface area contributed by atoms with Gasteiger partial charge in [0.25, 0.3) is 9.74 Å². The molecule has 6 heteroatoms. The van der Waals surface area contributed by atoms with Gasteiger partial charge in [-0.3, -0.25) is 4.55 Å². The summed E-state index contributed by atoms with van der Waals surface area (Å²) in [6, 6.07) is 0. The van der Waals surface area contributed by atoms with Gasteiger partial charge in [-0.2, -0.15) is 8.42 Å². The topological polar surface area (TPSA) is 54.4 Å². The number of hydrogen-bond donors (Lipinski definition) is 1. The molecule has 0 heterocycles. The summed E-state index contributed by atoms with van der Waals surface area (Å²) >= 11 is 0. The van der Waals surface area contributed by atoms with Gasteiger partial charge in [0.2, 0.25) is 0 Å². The van der Waals surface area contributed by atoms with Crippen LogP contribution in [0.15, 0.2) is 0 Å². The molecule has 6 heavy (non-hydrogen) atoms. The van der Waals surface area contributed by atoms with E-state index in [-0.39, 0.29) is 16.5 Å². The monoisotopic (exact) mass is 172 g/mol. The molecule has 0 amide bonds. The summed E-state index contributed by atoms with van der Waals surface area (Å²) in [6.07, 6.45) is 0. The van der Waals surface area contributed by atoms with E-state index in [1.165, 1.54) is 8.44 Å². The van der Waals surface area contributed by atoms with Crippen molar-refractivity contribution >= 4 is 18.2 Å². The minimum Gasteiger partial charge on any atom is -0.283 e. The Labute approximate surface area is 48.1 Å². The van der Waals surface area contributed by atoms with Crippen molar-refractivity contribution in [2.45, 2.75) is 0 Å². The molecule has 0 aromatic rings. The van der Waals surface area contributed by atoms with E-state index in [0.717, 1.165) is 0 Å². The number of hydrogen-bond acceptors (Lipinski definition) is 2. The maximum atomic E-state index is 9.15. The van der Waals surface area contributed by atoms with Crippen molar-refractivity contribution in [3.63, 3.8) is 0 Å². The smallest absolute Gasteiger partial charge is 0.275 e. The van der Waals surface area contributed by atoms with Crippen LogP contribution in [0, 0.1) is 0 Å². The standard InChI is InChI=1S/Ni.H3O3PS/c;1-5(2,3)4/h;4H2,(H,1,2,3). The fraction of sp³-hybridized carbons (Fsp3) is 0. The normalized spacial score (nSPS) is 9.67. The van der Waals surface area contributed by atoms with Crippen molar-refractivity contribution in [1.29, 1.82) is 0 Å². The fourth-order valence-corrected chi connectivity index (χ4v) is 0. The summed E-state index contributed by atoms with van der Waals surface area (Å²) in [5.41, 5.74) is 0. The molecule has 3 nitrogen and oxygen atoms in total. The quantitative estimate of drug-likeness (QED) is 0.309. The molecule has 0 aromatic carbocycles. The van der Waals surface area contributed by atoms with Crippen LogP contribution in [0.3, 0.4) is 0 Å². The van der Waals surface area contributed by atoms with Crippen molar-refractivity contribution in [2.24, 2.45) is 0 Å². The van der Waals surface area contributed by atoms with E-state index in [9.17, 15) is 0 Å². The Balaban J connectivity index is 0. The average molecular weight is 173 g/mol. The third-order valence-electron chi connectivity index (χ3n) is 0. The minimum absolute atomic E-state index is 0. The molecule has 0 bridgehead atoms. The van der Waals surface area contributed by atoms with Gasteiger partial charge in [0.15, 0.2) is 0 Å². The van der Waals surface area contributed by atoms with Crippen molar-refractivity contribution < 1.29 is 29.5 Å². The SMILES string of the molecule is O=S(=O)(O)P.[Ni]. The third kappa shape index (κ3) is 102. The molecule has 1 N–H and O–H groups in total. The van der Waals surface area contributed by atoms with Crippen LogP contribution in [-0.2, 0) is 26.2 Å². The first-order chi connectivity index (χ1) is 2.00. The Morgan fingerprint density at radius 1 is 1.50 bits per heavy atom. The van der Waals surface area contributed by atoms with Gasteiger partial charge in [0.05, 0.1) is 0 Å². The summed E-state index contributed by atoms with van der Waals surface area (Å²) < 4.78 is 25.8. The summed E-state index contributed by atoms with van der Waals surface area (Å²) in [5.74, 6) is 0. The molecule has 42 valence electrons.